The summed E-state index contributed by atoms with van der Waals surface area (Å²) in [6, 6.07) is 1.46. The van der Waals surface area contributed by atoms with Crippen molar-refractivity contribution in [3.8, 4) is 0 Å². The van der Waals surface area contributed by atoms with Gasteiger partial charge in [-0.1, -0.05) is 41.5 Å². The van der Waals surface area contributed by atoms with Crippen LogP contribution in [0.15, 0.2) is 0 Å². The molecule has 1 heteroatoms. The Labute approximate surface area is 115 Å². The summed E-state index contributed by atoms with van der Waals surface area (Å²) in [5, 5.41) is 0. The summed E-state index contributed by atoms with van der Waals surface area (Å²) in [6.45, 7) is 20.5. The average molecular weight is 253 g/mol. The van der Waals surface area contributed by atoms with Gasteiger partial charge in [-0.3, -0.25) is 4.90 Å². The summed E-state index contributed by atoms with van der Waals surface area (Å²) in [5.41, 5.74) is 0. The van der Waals surface area contributed by atoms with E-state index in [1.165, 1.54) is 13.0 Å². The van der Waals surface area contributed by atoms with Crippen molar-refractivity contribution in [1.82, 2.24) is 4.90 Å². The van der Waals surface area contributed by atoms with Gasteiger partial charge in [-0.2, -0.15) is 0 Å². The molecule has 0 spiro atoms. The fourth-order valence-electron chi connectivity index (χ4n) is 3.78. The molecule has 1 rings (SSSR count). The number of nitrogens with zero attached hydrogens (tertiary/aromatic N) is 1. The Morgan fingerprint density at radius 3 is 1.67 bits per heavy atom. The van der Waals surface area contributed by atoms with Gasteiger partial charge in [-0.25, -0.2) is 0 Å². The molecule has 3 unspecified atom stereocenters. The third-order valence-electron chi connectivity index (χ3n) is 4.99. The predicted octanol–water partition coefficient (Wildman–Crippen LogP) is 4.67. The van der Waals surface area contributed by atoms with Crippen LogP contribution in [0.25, 0.3) is 0 Å². The van der Waals surface area contributed by atoms with Crippen molar-refractivity contribution in [1.29, 1.82) is 0 Å². The van der Waals surface area contributed by atoms with Crippen LogP contribution in [0.2, 0.25) is 0 Å². The van der Waals surface area contributed by atoms with Crippen molar-refractivity contribution in [2.24, 2.45) is 29.6 Å². The molecule has 1 heterocycles. The van der Waals surface area contributed by atoms with Crippen LogP contribution in [-0.4, -0.2) is 23.5 Å². The summed E-state index contributed by atoms with van der Waals surface area (Å²) in [6.07, 6.45) is 1.43. The summed E-state index contributed by atoms with van der Waals surface area (Å²) in [7, 11) is 0. The molecule has 1 fully saturated rings. The Bertz CT molecular complexity index is 224. The number of hydrogen-bond acceptors (Lipinski definition) is 1. The minimum atomic E-state index is 0.681. The molecule has 1 aliphatic rings. The van der Waals surface area contributed by atoms with E-state index in [0.717, 1.165) is 35.6 Å². The first-order valence-corrected chi connectivity index (χ1v) is 8.01. The summed E-state index contributed by atoms with van der Waals surface area (Å²) >= 11 is 0. The molecular weight excluding hydrogens is 218 g/mol. The van der Waals surface area contributed by atoms with Gasteiger partial charge in [-0.05, 0) is 49.9 Å². The maximum Gasteiger partial charge on any atom is 0.0152 e. The van der Waals surface area contributed by atoms with Gasteiger partial charge >= 0.3 is 0 Å². The second-order valence-corrected chi connectivity index (χ2v) is 7.67. The van der Waals surface area contributed by atoms with E-state index in [1.807, 2.05) is 0 Å². The number of likely N-dealkylation sites (tertiary alicyclic amines) is 1. The zero-order valence-electron chi connectivity index (χ0n) is 13.9. The molecule has 0 aromatic rings. The molecule has 1 saturated heterocycles. The van der Waals surface area contributed by atoms with Crippen LogP contribution in [0, 0.1) is 29.6 Å². The first kappa shape index (κ1) is 16.0. The molecule has 0 saturated carbocycles. The van der Waals surface area contributed by atoms with E-state index >= 15 is 0 Å². The highest BCUT2D eigenvalue weighted by Crippen LogP contribution is 2.39. The minimum absolute atomic E-state index is 0.681. The van der Waals surface area contributed by atoms with Gasteiger partial charge in [0.2, 0.25) is 0 Å². The molecule has 1 nitrogen and oxygen atoms in total. The van der Waals surface area contributed by atoms with Crippen LogP contribution < -0.4 is 0 Å². The lowest BCUT2D eigenvalue weighted by atomic mass is 9.70. The lowest BCUT2D eigenvalue weighted by Gasteiger charge is -2.51. The van der Waals surface area contributed by atoms with Gasteiger partial charge in [0.25, 0.3) is 0 Å². The summed E-state index contributed by atoms with van der Waals surface area (Å²) < 4.78 is 0. The maximum absolute atomic E-state index is 2.80. The molecule has 1 aliphatic heterocycles. The second-order valence-electron chi connectivity index (χ2n) is 7.67. The van der Waals surface area contributed by atoms with E-state index in [9.17, 15) is 0 Å². The lowest BCUT2D eigenvalue weighted by molar-refractivity contribution is -0.0227. The van der Waals surface area contributed by atoms with Crippen molar-refractivity contribution in [2.45, 2.75) is 73.9 Å². The van der Waals surface area contributed by atoms with E-state index < -0.39 is 0 Å². The quantitative estimate of drug-likeness (QED) is 0.704. The zero-order chi connectivity index (χ0) is 14.0. The van der Waals surface area contributed by atoms with Crippen LogP contribution >= 0.6 is 0 Å². The first-order chi connectivity index (χ1) is 8.25. The van der Waals surface area contributed by atoms with Crippen LogP contribution in [-0.2, 0) is 0 Å². The summed E-state index contributed by atoms with van der Waals surface area (Å²) in [5.74, 6) is 4.15. The molecule has 0 aliphatic carbocycles. The Hall–Kier alpha value is -0.0400. The predicted molar refractivity (Wildman–Crippen MR) is 81.7 cm³/mol. The normalized spacial score (nSPS) is 31.0. The standard InChI is InChI=1S/C17H35N/c1-11(2)15-9-16(12(3)4)17(13(5)6)18(10-15)14(7)8/h11-17H,9-10H2,1-8H3. The maximum atomic E-state index is 2.80. The SMILES string of the molecule is CC(C)C1CC(C(C)C)C(C(C)C)N(C(C)C)C1. The van der Waals surface area contributed by atoms with Crippen LogP contribution in [0.3, 0.4) is 0 Å². The topological polar surface area (TPSA) is 3.24 Å². The molecule has 3 atom stereocenters. The molecule has 0 aromatic heterocycles. The van der Waals surface area contributed by atoms with Crippen molar-refractivity contribution in [2.75, 3.05) is 6.54 Å². The van der Waals surface area contributed by atoms with Crippen molar-refractivity contribution >= 4 is 0 Å². The zero-order valence-corrected chi connectivity index (χ0v) is 13.9. The Morgan fingerprint density at radius 2 is 1.33 bits per heavy atom. The van der Waals surface area contributed by atoms with Crippen molar-refractivity contribution < 1.29 is 0 Å². The van der Waals surface area contributed by atoms with Crippen LogP contribution in [0.4, 0.5) is 0 Å². The van der Waals surface area contributed by atoms with E-state index in [-0.39, 0.29) is 0 Å². The van der Waals surface area contributed by atoms with Gasteiger partial charge in [0.15, 0.2) is 0 Å². The smallest absolute Gasteiger partial charge is 0.0152 e. The van der Waals surface area contributed by atoms with Gasteiger partial charge in [0.1, 0.15) is 0 Å². The average Bonchev–Trinajstić information content (AvgIpc) is 2.26. The highest BCUT2D eigenvalue weighted by atomic mass is 15.2. The van der Waals surface area contributed by atoms with Crippen molar-refractivity contribution in [3.05, 3.63) is 0 Å². The Balaban J connectivity index is 2.97. The summed E-state index contributed by atoms with van der Waals surface area (Å²) in [4.78, 5) is 2.80. The molecule has 0 radical (unpaired) electrons. The third-order valence-corrected chi connectivity index (χ3v) is 4.99. The highest BCUT2D eigenvalue weighted by molar-refractivity contribution is 4.93. The molecule has 0 aromatic carbocycles. The molecule has 0 N–H and O–H groups in total. The van der Waals surface area contributed by atoms with Crippen LogP contribution in [0.5, 0.6) is 0 Å². The molecule has 0 bridgehead atoms. The Kier molecular flexibility index (Phi) is 5.70. The van der Waals surface area contributed by atoms with Crippen LogP contribution in [0.1, 0.15) is 61.8 Å². The monoisotopic (exact) mass is 253 g/mol. The third kappa shape index (κ3) is 3.50. The fourth-order valence-corrected chi connectivity index (χ4v) is 3.78. The van der Waals surface area contributed by atoms with Gasteiger partial charge in [-0.15, -0.1) is 0 Å². The molecule has 108 valence electrons. The fraction of sp³-hybridized carbons (Fsp3) is 1.00. The largest absolute Gasteiger partial charge is 0.297 e. The minimum Gasteiger partial charge on any atom is -0.297 e. The lowest BCUT2D eigenvalue weighted by Crippen LogP contribution is -2.55. The van der Waals surface area contributed by atoms with Gasteiger partial charge in [0.05, 0.1) is 0 Å². The van der Waals surface area contributed by atoms with Crippen molar-refractivity contribution in [3.63, 3.8) is 0 Å². The number of hydrogen-bond donors (Lipinski definition) is 0. The highest BCUT2D eigenvalue weighted by Gasteiger charge is 2.40. The number of rotatable bonds is 4. The Morgan fingerprint density at radius 1 is 0.778 bits per heavy atom. The number of piperidine rings is 1. The molecular formula is C17H35N. The first-order valence-electron chi connectivity index (χ1n) is 8.01. The molecule has 0 amide bonds. The van der Waals surface area contributed by atoms with Gasteiger partial charge in [0, 0.05) is 18.6 Å². The van der Waals surface area contributed by atoms with Gasteiger partial charge < -0.3 is 0 Å². The van der Waals surface area contributed by atoms with E-state index in [1.54, 1.807) is 0 Å². The van der Waals surface area contributed by atoms with E-state index in [2.05, 4.69) is 60.3 Å². The molecule has 18 heavy (non-hydrogen) atoms. The van der Waals surface area contributed by atoms with E-state index in [0.29, 0.717) is 6.04 Å². The van der Waals surface area contributed by atoms with E-state index in [4.69, 9.17) is 0 Å². The second kappa shape index (κ2) is 6.41.